The van der Waals surface area contributed by atoms with Gasteiger partial charge in [-0.1, -0.05) is 57.7 Å². The molecule has 0 aliphatic rings. The molecule has 1 N–H and O–H groups in total. The maximum Gasteiger partial charge on any atom is 0.182 e. The van der Waals surface area contributed by atoms with Crippen molar-refractivity contribution in [2.24, 2.45) is 14.1 Å². The van der Waals surface area contributed by atoms with Crippen molar-refractivity contribution in [1.29, 1.82) is 0 Å². The molecule has 122 valence electrons. The lowest BCUT2D eigenvalue weighted by Gasteiger charge is -2.05. The Morgan fingerprint density at radius 1 is 0.955 bits per heavy atom. The van der Waals surface area contributed by atoms with Crippen LogP contribution in [0.3, 0.4) is 0 Å². The number of rotatable bonds is 8. The number of H-pyrrole nitrogens is 1. The Bertz CT molecular complexity index is 739. The highest BCUT2D eigenvalue weighted by Crippen LogP contribution is 2.15. The van der Waals surface area contributed by atoms with Gasteiger partial charge in [-0.05, 0) is 18.6 Å². The van der Waals surface area contributed by atoms with E-state index in [0.29, 0.717) is 4.77 Å². The molecule has 0 spiro atoms. The van der Waals surface area contributed by atoms with Gasteiger partial charge < -0.3 is 14.1 Å². The van der Waals surface area contributed by atoms with E-state index in [1.54, 1.807) is 0 Å². The van der Waals surface area contributed by atoms with Crippen molar-refractivity contribution < 1.29 is 0 Å². The molecular formula is C16H26N4S2. The van der Waals surface area contributed by atoms with Crippen LogP contribution in [0.1, 0.15) is 57.7 Å². The van der Waals surface area contributed by atoms with Crippen molar-refractivity contribution in [3.63, 3.8) is 0 Å². The monoisotopic (exact) mass is 338 g/mol. The Kier molecular flexibility index (Phi) is 6.32. The largest absolute Gasteiger partial charge is 0.338 e. The number of imidazole rings is 1. The van der Waals surface area contributed by atoms with E-state index in [1.165, 1.54) is 44.9 Å². The van der Waals surface area contributed by atoms with Crippen LogP contribution in [0.5, 0.6) is 0 Å². The van der Waals surface area contributed by atoms with Crippen molar-refractivity contribution in [3.8, 4) is 0 Å². The lowest BCUT2D eigenvalue weighted by atomic mass is 10.1. The second-order valence-electron chi connectivity index (χ2n) is 5.96. The molecule has 0 fully saturated rings. The molecular weight excluding hydrogens is 312 g/mol. The Morgan fingerprint density at radius 2 is 1.59 bits per heavy atom. The minimum Gasteiger partial charge on any atom is -0.338 e. The molecule has 0 aliphatic heterocycles. The van der Waals surface area contributed by atoms with Crippen molar-refractivity contribution >= 4 is 35.6 Å². The van der Waals surface area contributed by atoms with E-state index < -0.39 is 0 Å². The Morgan fingerprint density at radius 3 is 2.27 bits per heavy atom. The molecule has 22 heavy (non-hydrogen) atoms. The van der Waals surface area contributed by atoms with E-state index in [4.69, 9.17) is 24.4 Å². The zero-order chi connectivity index (χ0) is 16.1. The number of aryl methyl sites for hydroxylation is 2. The molecule has 0 radical (unpaired) electrons. The summed E-state index contributed by atoms with van der Waals surface area (Å²) < 4.78 is 5.20. The maximum absolute atomic E-state index is 5.46. The molecule has 2 rings (SSSR count). The third kappa shape index (κ3) is 3.84. The highest BCUT2D eigenvalue weighted by atomic mass is 32.1. The molecule has 4 nitrogen and oxygen atoms in total. The van der Waals surface area contributed by atoms with Gasteiger partial charge in [0.15, 0.2) is 10.4 Å². The molecule has 0 saturated carbocycles. The molecule has 0 unspecified atom stereocenters. The Hall–Kier alpha value is -1.01. The molecule has 0 saturated heterocycles. The molecule has 6 heteroatoms. The van der Waals surface area contributed by atoms with Crippen molar-refractivity contribution in [2.45, 2.75) is 58.3 Å². The summed E-state index contributed by atoms with van der Waals surface area (Å²) in [4.78, 5) is 8.06. The fourth-order valence-electron chi connectivity index (χ4n) is 2.74. The van der Waals surface area contributed by atoms with Gasteiger partial charge in [0.1, 0.15) is 16.0 Å². The van der Waals surface area contributed by atoms with E-state index in [1.807, 2.05) is 23.2 Å². The number of unbranched alkanes of at least 4 members (excludes halogenated alkanes) is 6. The quantitative estimate of drug-likeness (QED) is 0.544. The van der Waals surface area contributed by atoms with E-state index in [-0.39, 0.29) is 0 Å². The summed E-state index contributed by atoms with van der Waals surface area (Å²) >= 11 is 10.8. The topological polar surface area (TPSA) is 38.5 Å². The molecule has 2 aromatic heterocycles. The van der Waals surface area contributed by atoms with Gasteiger partial charge in [-0.15, -0.1) is 0 Å². The molecule has 0 amide bonds. The van der Waals surface area contributed by atoms with Gasteiger partial charge in [-0.3, -0.25) is 0 Å². The highest BCUT2D eigenvalue weighted by molar-refractivity contribution is 7.72. The fourth-order valence-corrected chi connectivity index (χ4v) is 3.21. The van der Waals surface area contributed by atoms with E-state index in [9.17, 15) is 0 Å². The van der Waals surface area contributed by atoms with Crippen molar-refractivity contribution in [1.82, 2.24) is 19.1 Å². The third-order valence-electron chi connectivity index (χ3n) is 4.16. The van der Waals surface area contributed by atoms with Crippen LogP contribution in [-0.2, 0) is 20.5 Å². The standard InChI is InChI=1S/C16H26N4S2/c1-4-5-6-7-8-9-10-11-12-17-13-14(18-12)19(2)16(22)20(3)15(13)21/h4-11H2,1-3H3,(H,17,18). The third-order valence-corrected chi connectivity index (χ3v) is 5.19. The number of nitrogens with one attached hydrogen (secondary N) is 1. The van der Waals surface area contributed by atoms with Crippen LogP contribution in [0, 0.1) is 9.41 Å². The van der Waals surface area contributed by atoms with Crippen LogP contribution in [-0.4, -0.2) is 19.1 Å². The molecule has 0 atom stereocenters. The SMILES string of the molecule is CCCCCCCCCc1nc2c([nH]1)c(=S)n(C)c(=S)n2C. The molecule has 2 heterocycles. The van der Waals surface area contributed by atoms with Gasteiger partial charge >= 0.3 is 0 Å². The predicted octanol–water partition coefficient (Wildman–Crippen LogP) is 4.99. The fraction of sp³-hybridized carbons (Fsp3) is 0.688. The first-order chi connectivity index (χ1) is 10.6. The molecule has 0 aromatic carbocycles. The normalized spacial score (nSPS) is 11.4. The first-order valence-electron chi connectivity index (χ1n) is 8.20. The predicted molar refractivity (Wildman–Crippen MR) is 97.4 cm³/mol. The Labute approximate surface area is 142 Å². The lowest BCUT2D eigenvalue weighted by Crippen LogP contribution is -2.05. The smallest absolute Gasteiger partial charge is 0.182 e. The number of aromatic nitrogens is 4. The van der Waals surface area contributed by atoms with Gasteiger partial charge in [-0.25, -0.2) is 4.98 Å². The van der Waals surface area contributed by atoms with Crippen LogP contribution in [0.4, 0.5) is 0 Å². The summed E-state index contributed by atoms with van der Waals surface area (Å²) in [7, 11) is 3.85. The van der Waals surface area contributed by atoms with Gasteiger partial charge in [0, 0.05) is 20.5 Å². The van der Waals surface area contributed by atoms with Gasteiger partial charge in [0.05, 0.1) is 0 Å². The van der Waals surface area contributed by atoms with Gasteiger partial charge in [0.2, 0.25) is 0 Å². The minimum absolute atomic E-state index is 0.700. The molecule has 2 aromatic rings. The van der Waals surface area contributed by atoms with Crippen LogP contribution in [0.2, 0.25) is 0 Å². The summed E-state index contributed by atoms with van der Waals surface area (Å²) in [6, 6.07) is 0. The average Bonchev–Trinajstić information content (AvgIpc) is 2.94. The second kappa shape index (κ2) is 8.02. The summed E-state index contributed by atoms with van der Waals surface area (Å²) in [5, 5.41) is 0. The van der Waals surface area contributed by atoms with Crippen LogP contribution in [0.15, 0.2) is 0 Å². The van der Waals surface area contributed by atoms with Gasteiger partial charge in [-0.2, -0.15) is 0 Å². The molecule has 0 bridgehead atoms. The zero-order valence-electron chi connectivity index (χ0n) is 13.8. The number of nitrogens with zero attached hydrogens (tertiary/aromatic N) is 3. The van der Waals surface area contributed by atoms with Crippen LogP contribution >= 0.6 is 24.4 Å². The van der Waals surface area contributed by atoms with Crippen molar-refractivity contribution in [3.05, 3.63) is 15.2 Å². The highest BCUT2D eigenvalue weighted by Gasteiger charge is 2.09. The van der Waals surface area contributed by atoms with E-state index in [0.717, 1.165) is 28.0 Å². The molecule has 0 aliphatic carbocycles. The number of aromatic amines is 1. The lowest BCUT2D eigenvalue weighted by molar-refractivity contribution is 0.585. The van der Waals surface area contributed by atoms with Gasteiger partial charge in [0.25, 0.3) is 0 Å². The second-order valence-corrected chi connectivity index (χ2v) is 6.71. The minimum atomic E-state index is 0.700. The van der Waals surface area contributed by atoms with E-state index >= 15 is 0 Å². The van der Waals surface area contributed by atoms with E-state index in [2.05, 4.69) is 16.9 Å². The summed E-state index contributed by atoms with van der Waals surface area (Å²) in [5.74, 6) is 1.02. The first-order valence-corrected chi connectivity index (χ1v) is 9.02. The number of hydrogen-bond acceptors (Lipinski definition) is 3. The van der Waals surface area contributed by atoms with Crippen molar-refractivity contribution in [2.75, 3.05) is 0 Å². The maximum atomic E-state index is 5.46. The Balaban J connectivity index is 1.99. The first kappa shape index (κ1) is 17.3. The summed E-state index contributed by atoms with van der Waals surface area (Å²) in [5.41, 5.74) is 1.79. The van der Waals surface area contributed by atoms with Crippen LogP contribution < -0.4 is 0 Å². The average molecular weight is 339 g/mol. The summed E-state index contributed by atoms with van der Waals surface area (Å²) in [6.07, 6.45) is 10.1. The van der Waals surface area contributed by atoms with Crippen LogP contribution in [0.25, 0.3) is 11.2 Å². The summed E-state index contributed by atoms with van der Waals surface area (Å²) in [6.45, 7) is 2.25. The number of hydrogen-bond donors (Lipinski definition) is 1. The number of fused-ring (bicyclic) bond motifs is 1. The zero-order valence-corrected chi connectivity index (χ0v) is 15.4.